The first-order valence-electron chi connectivity index (χ1n) is 11.6. The van der Waals surface area contributed by atoms with Crippen LogP contribution in [0.3, 0.4) is 0 Å². The van der Waals surface area contributed by atoms with Gasteiger partial charge < -0.3 is 15.2 Å². The largest absolute Gasteiger partial charge is 0.497 e. The van der Waals surface area contributed by atoms with E-state index in [2.05, 4.69) is 31.2 Å². The molecule has 0 aromatic heterocycles. The number of aryl methyl sites for hydroxylation is 1. The summed E-state index contributed by atoms with van der Waals surface area (Å²) in [5.41, 5.74) is 11.2. The molecule has 2 N–H and O–H groups in total. The van der Waals surface area contributed by atoms with Gasteiger partial charge in [-0.3, -0.25) is 4.99 Å². The molecule has 33 heavy (non-hydrogen) atoms. The molecular formula is C27H32N4O2. The lowest BCUT2D eigenvalue weighted by Crippen LogP contribution is -2.36. The highest BCUT2D eigenvalue weighted by Gasteiger charge is 2.46. The maximum absolute atomic E-state index is 9.48. The van der Waals surface area contributed by atoms with Gasteiger partial charge in [0.05, 0.1) is 30.6 Å². The molecule has 1 unspecified atom stereocenters. The Morgan fingerprint density at radius 2 is 1.82 bits per heavy atom. The second kappa shape index (κ2) is 9.36. The van der Waals surface area contributed by atoms with Crippen LogP contribution in [0.5, 0.6) is 5.75 Å². The summed E-state index contributed by atoms with van der Waals surface area (Å²) in [6, 6.07) is 14.3. The summed E-state index contributed by atoms with van der Waals surface area (Å²) < 4.78 is 11.0. The van der Waals surface area contributed by atoms with Crippen molar-refractivity contribution in [3.8, 4) is 22.9 Å². The van der Waals surface area contributed by atoms with Gasteiger partial charge in [-0.2, -0.15) is 5.26 Å². The van der Waals surface area contributed by atoms with E-state index in [1.807, 2.05) is 19.1 Å². The van der Waals surface area contributed by atoms with Gasteiger partial charge in [-0.05, 0) is 80.0 Å². The Kier molecular flexibility index (Phi) is 6.53. The van der Waals surface area contributed by atoms with Crippen molar-refractivity contribution in [1.82, 2.24) is 0 Å². The minimum atomic E-state index is -0.717. The zero-order valence-electron chi connectivity index (χ0n) is 19.9. The predicted octanol–water partition coefficient (Wildman–Crippen LogP) is 4.99. The highest BCUT2D eigenvalue weighted by molar-refractivity contribution is 6.41. The molecule has 2 aromatic carbocycles. The zero-order valence-corrected chi connectivity index (χ0v) is 19.9. The van der Waals surface area contributed by atoms with Gasteiger partial charge in [-0.1, -0.05) is 19.1 Å². The minimum Gasteiger partial charge on any atom is -0.497 e. The van der Waals surface area contributed by atoms with Crippen molar-refractivity contribution in [2.24, 2.45) is 21.6 Å². The van der Waals surface area contributed by atoms with Crippen LogP contribution in [0, 0.1) is 17.2 Å². The van der Waals surface area contributed by atoms with Crippen molar-refractivity contribution in [2.75, 3.05) is 14.2 Å². The fourth-order valence-corrected chi connectivity index (χ4v) is 5.18. The van der Waals surface area contributed by atoms with Crippen LogP contribution in [0.4, 0.5) is 0 Å². The third-order valence-corrected chi connectivity index (χ3v) is 7.07. The van der Waals surface area contributed by atoms with Crippen molar-refractivity contribution in [1.29, 1.82) is 5.26 Å². The highest BCUT2D eigenvalue weighted by Crippen LogP contribution is 2.48. The van der Waals surface area contributed by atoms with E-state index < -0.39 is 5.66 Å². The Hall–Kier alpha value is -3.17. The summed E-state index contributed by atoms with van der Waals surface area (Å²) in [5.74, 6) is 1.43. The molecule has 6 nitrogen and oxygen atoms in total. The van der Waals surface area contributed by atoms with Crippen LogP contribution in [-0.2, 0) is 16.8 Å². The highest BCUT2D eigenvalue weighted by atomic mass is 16.5. The first kappa shape index (κ1) is 23.0. The lowest BCUT2D eigenvalue weighted by molar-refractivity contribution is 0.0425. The van der Waals surface area contributed by atoms with Gasteiger partial charge in [0.15, 0.2) is 5.66 Å². The third-order valence-electron chi connectivity index (χ3n) is 7.07. The third kappa shape index (κ3) is 4.26. The monoisotopic (exact) mass is 444 g/mol. The van der Waals surface area contributed by atoms with E-state index in [1.165, 1.54) is 5.56 Å². The number of hydrogen-bond donors (Lipinski definition) is 1. The number of ether oxygens (including phenoxy) is 2. The second-order valence-electron chi connectivity index (χ2n) is 8.92. The standard InChI is InChI=1S/C27H32N4O2/c1-5-19-6-7-20(21-12-18(16-28)13-24(14-21)33-4)15-25(19)27(30-17(2)26(29)31-27)22-8-10-23(32-3)11-9-22/h6-7,12-15,22-23H,5,8-11H2,1-4H3,(H2,29,31). The summed E-state index contributed by atoms with van der Waals surface area (Å²) >= 11 is 0. The average Bonchev–Trinajstić information content (AvgIpc) is 3.18. The van der Waals surface area contributed by atoms with Crippen LogP contribution < -0.4 is 10.5 Å². The van der Waals surface area contributed by atoms with Crippen LogP contribution in [0.1, 0.15) is 56.2 Å². The van der Waals surface area contributed by atoms with E-state index in [4.69, 9.17) is 25.2 Å². The van der Waals surface area contributed by atoms with Gasteiger partial charge in [0.25, 0.3) is 0 Å². The van der Waals surface area contributed by atoms with Gasteiger partial charge in [0.1, 0.15) is 11.6 Å². The number of methoxy groups -OCH3 is 2. The number of amidine groups is 1. The van der Waals surface area contributed by atoms with Crippen molar-refractivity contribution in [3.63, 3.8) is 0 Å². The molecule has 0 bridgehead atoms. The SMILES string of the molecule is CCc1ccc(-c2cc(C#N)cc(OC)c2)cc1C1(C2CCC(OC)CC2)N=C(C)C(N)=N1. The summed E-state index contributed by atoms with van der Waals surface area (Å²) in [4.78, 5) is 10.2. The maximum atomic E-state index is 9.48. The number of nitrogens with zero attached hydrogens (tertiary/aromatic N) is 3. The topological polar surface area (TPSA) is 93.0 Å². The van der Waals surface area contributed by atoms with Gasteiger partial charge >= 0.3 is 0 Å². The van der Waals surface area contributed by atoms with Crippen LogP contribution in [0.15, 0.2) is 46.4 Å². The van der Waals surface area contributed by atoms with Crippen LogP contribution in [-0.4, -0.2) is 31.9 Å². The first-order valence-corrected chi connectivity index (χ1v) is 11.6. The normalized spacial score (nSPS) is 24.7. The zero-order chi connectivity index (χ0) is 23.6. The lowest BCUT2D eigenvalue weighted by Gasteiger charge is -2.38. The minimum absolute atomic E-state index is 0.250. The molecule has 0 amide bonds. The summed E-state index contributed by atoms with van der Waals surface area (Å²) in [6.45, 7) is 4.10. The van der Waals surface area contributed by atoms with E-state index in [9.17, 15) is 5.26 Å². The molecular weight excluding hydrogens is 412 g/mol. The molecule has 2 aromatic rings. The molecule has 172 valence electrons. The number of rotatable bonds is 6. The number of nitrogens with two attached hydrogens (primary N) is 1. The Balaban J connectivity index is 1.86. The first-order chi connectivity index (χ1) is 15.9. The van der Waals surface area contributed by atoms with Gasteiger partial charge in [0.2, 0.25) is 0 Å². The molecule has 1 saturated carbocycles. The molecule has 1 aliphatic carbocycles. The van der Waals surface area contributed by atoms with E-state index in [0.717, 1.165) is 54.5 Å². The van der Waals surface area contributed by atoms with E-state index in [-0.39, 0.29) is 5.92 Å². The molecule has 2 aliphatic rings. The number of aliphatic imine (C=N–C) groups is 2. The number of benzene rings is 2. The van der Waals surface area contributed by atoms with E-state index >= 15 is 0 Å². The fraction of sp³-hybridized carbons (Fsp3) is 0.444. The molecule has 6 heteroatoms. The predicted molar refractivity (Wildman–Crippen MR) is 132 cm³/mol. The van der Waals surface area contributed by atoms with Crippen molar-refractivity contribution in [3.05, 3.63) is 53.1 Å². The quantitative estimate of drug-likeness (QED) is 0.679. The number of nitriles is 1. The molecule has 1 atom stereocenters. The Morgan fingerprint density at radius 3 is 2.39 bits per heavy atom. The van der Waals surface area contributed by atoms with Crippen LogP contribution >= 0.6 is 0 Å². The Labute approximate surface area is 196 Å². The van der Waals surface area contributed by atoms with Gasteiger partial charge in [0, 0.05) is 18.6 Å². The second-order valence-corrected chi connectivity index (χ2v) is 8.92. The molecule has 1 fully saturated rings. The number of hydrogen-bond acceptors (Lipinski definition) is 6. The summed E-state index contributed by atoms with van der Waals surface area (Å²) in [6.07, 6.45) is 5.12. The molecule has 0 spiro atoms. The molecule has 4 rings (SSSR count). The smallest absolute Gasteiger partial charge is 0.181 e. The average molecular weight is 445 g/mol. The molecule has 1 aliphatic heterocycles. The van der Waals surface area contributed by atoms with E-state index in [1.54, 1.807) is 20.3 Å². The Morgan fingerprint density at radius 1 is 1.06 bits per heavy atom. The van der Waals surface area contributed by atoms with Crippen molar-refractivity contribution < 1.29 is 9.47 Å². The summed E-state index contributed by atoms with van der Waals surface area (Å²) in [5, 5.41) is 9.48. The van der Waals surface area contributed by atoms with Crippen molar-refractivity contribution in [2.45, 2.75) is 57.7 Å². The van der Waals surface area contributed by atoms with Crippen LogP contribution in [0.25, 0.3) is 11.1 Å². The molecule has 0 radical (unpaired) electrons. The van der Waals surface area contributed by atoms with Crippen molar-refractivity contribution >= 4 is 11.5 Å². The van der Waals surface area contributed by atoms with Gasteiger partial charge in [-0.25, -0.2) is 4.99 Å². The summed E-state index contributed by atoms with van der Waals surface area (Å²) in [7, 11) is 3.40. The van der Waals surface area contributed by atoms with E-state index in [0.29, 0.717) is 23.3 Å². The van der Waals surface area contributed by atoms with Gasteiger partial charge in [-0.15, -0.1) is 0 Å². The van der Waals surface area contributed by atoms with Crippen LogP contribution in [0.2, 0.25) is 0 Å². The maximum Gasteiger partial charge on any atom is 0.181 e. The lowest BCUT2D eigenvalue weighted by atomic mass is 9.74. The molecule has 0 saturated heterocycles. The fourth-order valence-electron chi connectivity index (χ4n) is 5.18. The molecule has 1 heterocycles. The Bertz CT molecular complexity index is 1120.